The monoisotopic (exact) mass is 176 g/mol. The van der Waals surface area contributed by atoms with Crippen molar-refractivity contribution >= 4 is 0 Å². The number of allylic oxidation sites excluding steroid dienone is 2. The normalized spacial score (nSPS) is 66.4. The summed E-state index contributed by atoms with van der Waals surface area (Å²) in [5.41, 5.74) is 0. The molecule has 0 radical (unpaired) electrons. The van der Waals surface area contributed by atoms with Gasteiger partial charge in [-0.2, -0.15) is 0 Å². The number of rotatable bonds is 0. The van der Waals surface area contributed by atoms with Crippen molar-refractivity contribution in [2.24, 2.45) is 35.5 Å². The molecule has 13 heavy (non-hydrogen) atoms. The summed E-state index contributed by atoms with van der Waals surface area (Å²) < 4.78 is 0. The zero-order valence-corrected chi connectivity index (χ0v) is 7.76. The highest BCUT2D eigenvalue weighted by Gasteiger charge is 2.61. The summed E-state index contributed by atoms with van der Waals surface area (Å²) >= 11 is 0. The molecule has 1 heteroatoms. The minimum absolute atomic E-state index is 0.0696. The lowest BCUT2D eigenvalue weighted by molar-refractivity contribution is 0.109. The second-order valence-electron chi connectivity index (χ2n) is 5.50. The van der Waals surface area contributed by atoms with Gasteiger partial charge in [-0.15, -0.1) is 0 Å². The average Bonchev–Trinajstić information content (AvgIpc) is 2.84. The van der Waals surface area contributed by atoms with Crippen molar-refractivity contribution in [3.63, 3.8) is 0 Å². The van der Waals surface area contributed by atoms with Gasteiger partial charge in [0, 0.05) is 0 Å². The second kappa shape index (κ2) is 2.03. The van der Waals surface area contributed by atoms with Gasteiger partial charge in [-0.25, -0.2) is 0 Å². The predicted molar refractivity (Wildman–Crippen MR) is 49.9 cm³/mol. The van der Waals surface area contributed by atoms with Crippen molar-refractivity contribution in [1.29, 1.82) is 0 Å². The van der Waals surface area contributed by atoms with Crippen LogP contribution < -0.4 is 0 Å². The van der Waals surface area contributed by atoms with E-state index in [1.54, 1.807) is 0 Å². The maximum absolute atomic E-state index is 10.1. The molecule has 3 fully saturated rings. The highest BCUT2D eigenvalue weighted by molar-refractivity contribution is 5.21. The van der Waals surface area contributed by atoms with Crippen molar-refractivity contribution < 1.29 is 5.11 Å². The first-order valence-corrected chi connectivity index (χ1v) is 5.72. The van der Waals surface area contributed by atoms with Gasteiger partial charge in [0.05, 0.1) is 6.10 Å². The van der Waals surface area contributed by atoms with E-state index in [9.17, 15) is 5.11 Å². The quantitative estimate of drug-likeness (QED) is 0.441. The predicted octanol–water partition coefficient (Wildman–Crippen LogP) is 1.83. The second-order valence-corrected chi connectivity index (χ2v) is 5.50. The van der Waals surface area contributed by atoms with Crippen LogP contribution in [0, 0.1) is 35.5 Å². The Bertz CT molecular complexity index is 257. The van der Waals surface area contributed by atoms with Crippen LogP contribution in [-0.2, 0) is 0 Å². The first kappa shape index (κ1) is 7.05. The van der Waals surface area contributed by atoms with E-state index in [0.717, 1.165) is 23.7 Å². The Kier molecular flexibility index (Phi) is 1.10. The SMILES string of the molecule is OC1[C@H]2CC[C@@H]1[C@@H]1[C@@H]2[C@H]2C=C[C@H]1C2. The van der Waals surface area contributed by atoms with Gasteiger partial charge in [-0.1, -0.05) is 12.2 Å². The third-order valence-corrected chi connectivity index (χ3v) is 5.28. The Balaban J connectivity index is 1.81. The summed E-state index contributed by atoms with van der Waals surface area (Å²) in [6.45, 7) is 0. The Hall–Kier alpha value is -0.300. The molecule has 70 valence electrons. The summed E-state index contributed by atoms with van der Waals surface area (Å²) in [5.74, 6) is 4.80. The molecule has 4 bridgehead atoms. The number of fused-ring (bicyclic) bond motifs is 9. The Morgan fingerprint density at radius 2 is 1.46 bits per heavy atom. The lowest BCUT2D eigenvalue weighted by atomic mass is 9.73. The highest BCUT2D eigenvalue weighted by Crippen LogP contribution is 2.65. The van der Waals surface area contributed by atoms with Gasteiger partial charge in [0.1, 0.15) is 0 Å². The number of aliphatic hydroxyl groups is 1. The molecule has 0 spiro atoms. The minimum atomic E-state index is 0.0696. The van der Waals surface area contributed by atoms with E-state index in [1.807, 2.05) is 0 Å². The molecule has 1 unspecified atom stereocenters. The lowest BCUT2D eigenvalue weighted by Crippen LogP contribution is -2.25. The van der Waals surface area contributed by atoms with E-state index in [2.05, 4.69) is 12.2 Å². The number of hydrogen-bond acceptors (Lipinski definition) is 1. The Morgan fingerprint density at radius 3 is 2.00 bits per heavy atom. The third kappa shape index (κ3) is 0.633. The maximum atomic E-state index is 10.1. The van der Waals surface area contributed by atoms with Crippen LogP contribution in [0.1, 0.15) is 19.3 Å². The van der Waals surface area contributed by atoms with Gasteiger partial charge >= 0.3 is 0 Å². The molecule has 0 saturated heterocycles. The molecular formula is C12H16O. The summed E-state index contributed by atoms with van der Waals surface area (Å²) in [4.78, 5) is 0. The smallest absolute Gasteiger partial charge is 0.0602 e. The Labute approximate surface area is 78.8 Å². The van der Waals surface area contributed by atoms with Crippen LogP contribution >= 0.6 is 0 Å². The molecule has 0 amide bonds. The van der Waals surface area contributed by atoms with Crippen LogP contribution in [0.4, 0.5) is 0 Å². The molecule has 3 saturated carbocycles. The molecule has 0 aromatic carbocycles. The molecule has 4 aliphatic rings. The van der Waals surface area contributed by atoms with E-state index >= 15 is 0 Å². The minimum Gasteiger partial charge on any atom is -0.393 e. The molecule has 4 aliphatic carbocycles. The van der Waals surface area contributed by atoms with Crippen molar-refractivity contribution in [2.45, 2.75) is 25.4 Å². The van der Waals surface area contributed by atoms with Gasteiger partial charge < -0.3 is 5.11 Å². The van der Waals surface area contributed by atoms with Gasteiger partial charge in [0.2, 0.25) is 0 Å². The summed E-state index contributed by atoms with van der Waals surface area (Å²) in [6, 6.07) is 0. The average molecular weight is 176 g/mol. The first-order valence-electron chi connectivity index (χ1n) is 5.72. The molecule has 1 nitrogen and oxygen atoms in total. The Morgan fingerprint density at radius 1 is 0.923 bits per heavy atom. The fraction of sp³-hybridized carbons (Fsp3) is 0.833. The lowest BCUT2D eigenvalue weighted by Gasteiger charge is -2.31. The van der Waals surface area contributed by atoms with Crippen LogP contribution in [0.2, 0.25) is 0 Å². The number of aliphatic hydroxyl groups excluding tert-OH is 1. The van der Waals surface area contributed by atoms with E-state index in [-0.39, 0.29) is 6.10 Å². The first-order chi connectivity index (χ1) is 6.36. The fourth-order valence-electron chi connectivity index (χ4n) is 4.99. The van der Waals surface area contributed by atoms with E-state index in [1.165, 1.54) is 19.3 Å². The zero-order valence-electron chi connectivity index (χ0n) is 7.76. The van der Waals surface area contributed by atoms with Crippen molar-refractivity contribution in [1.82, 2.24) is 0 Å². The fourth-order valence-corrected chi connectivity index (χ4v) is 4.99. The molecule has 7 atom stereocenters. The van der Waals surface area contributed by atoms with E-state index in [4.69, 9.17) is 0 Å². The van der Waals surface area contributed by atoms with Gasteiger partial charge in [-0.3, -0.25) is 0 Å². The molecule has 0 aliphatic heterocycles. The van der Waals surface area contributed by atoms with Crippen molar-refractivity contribution in [2.75, 3.05) is 0 Å². The highest BCUT2D eigenvalue weighted by atomic mass is 16.3. The van der Waals surface area contributed by atoms with Crippen LogP contribution in [0.25, 0.3) is 0 Å². The molecule has 0 aromatic rings. The molecular weight excluding hydrogens is 160 g/mol. The molecule has 0 aromatic heterocycles. The number of hydrogen-bond donors (Lipinski definition) is 1. The molecule has 4 rings (SSSR count). The van der Waals surface area contributed by atoms with Crippen molar-refractivity contribution in [3.8, 4) is 0 Å². The van der Waals surface area contributed by atoms with Gasteiger partial charge in [0.15, 0.2) is 0 Å². The maximum Gasteiger partial charge on any atom is 0.0602 e. The largest absolute Gasteiger partial charge is 0.393 e. The molecule has 0 heterocycles. The standard InChI is InChI=1S/C12H16O/c13-12-8-3-4-9(12)11-7-2-1-6(5-7)10(8)11/h1-2,6-13H,3-5H2/t6-,7-,8-,9+,10+,11+,12?/m0/s1. The van der Waals surface area contributed by atoms with Gasteiger partial charge in [0.25, 0.3) is 0 Å². The van der Waals surface area contributed by atoms with E-state index < -0.39 is 0 Å². The van der Waals surface area contributed by atoms with E-state index in [0.29, 0.717) is 11.8 Å². The van der Waals surface area contributed by atoms with Crippen molar-refractivity contribution in [3.05, 3.63) is 12.2 Å². The summed E-state index contributed by atoms with van der Waals surface area (Å²) in [6.07, 6.45) is 8.96. The van der Waals surface area contributed by atoms with Crippen LogP contribution in [0.15, 0.2) is 12.2 Å². The zero-order chi connectivity index (χ0) is 8.58. The third-order valence-electron chi connectivity index (χ3n) is 5.28. The van der Waals surface area contributed by atoms with Gasteiger partial charge in [-0.05, 0) is 54.8 Å². The topological polar surface area (TPSA) is 20.2 Å². The van der Waals surface area contributed by atoms with Crippen LogP contribution in [0.5, 0.6) is 0 Å². The van der Waals surface area contributed by atoms with Crippen LogP contribution in [-0.4, -0.2) is 11.2 Å². The summed E-state index contributed by atoms with van der Waals surface area (Å²) in [7, 11) is 0. The molecule has 1 N–H and O–H groups in total. The summed E-state index contributed by atoms with van der Waals surface area (Å²) in [5, 5.41) is 10.1. The van der Waals surface area contributed by atoms with Crippen LogP contribution in [0.3, 0.4) is 0 Å².